The molecule has 1 aliphatic rings. The fourth-order valence-corrected chi connectivity index (χ4v) is 4.26. The summed E-state index contributed by atoms with van der Waals surface area (Å²) in [5.41, 5.74) is 2.43. The van der Waals surface area contributed by atoms with Crippen LogP contribution in [0.2, 0.25) is 0 Å². The Morgan fingerprint density at radius 1 is 1.29 bits per heavy atom. The standard InChI is InChI=1S/C13H16N2S2/c1-9-2-3-11-12(8-9)17-13(15-11)14-10-4-6-16-7-5-10/h2-3,8,10H,4-7H2,1H3,(H,14,15). The molecule has 17 heavy (non-hydrogen) atoms. The molecule has 3 rings (SSSR count). The lowest BCUT2D eigenvalue weighted by atomic mass is 10.2. The second kappa shape index (κ2) is 4.86. The van der Waals surface area contributed by atoms with Crippen LogP contribution in [0.1, 0.15) is 18.4 Å². The van der Waals surface area contributed by atoms with E-state index in [1.54, 1.807) is 11.3 Å². The minimum Gasteiger partial charge on any atom is -0.359 e. The molecular weight excluding hydrogens is 248 g/mol. The first-order valence-corrected chi connectivity index (χ1v) is 8.00. The molecule has 1 saturated heterocycles. The van der Waals surface area contributed by atoms with Crippen LogP contribution in [0.15, 0.2) is 18.2 Å². The van der Waals surface area contributed by atoms with Gasteiger partial charge in [-0.1, -0.05) is 17.4 Å². The Hall–Kier alpha value is -0.740. The third kappa shape index (κ3) is 2.58. The number of aromatic nitrogens is 1. The zero-order chi connectivity index (χ0) is 11.7. The summed E-state index contributed by atoms with van der Waals surface area (Å²) in [6.45, 7) is 2.13. The molecular formula is C13H16N2S2. The number of hydrogen-bond acceptors (Lipinski definition) is 4. The molecule has 0 unspecified atom stereocenters. The van der Waals surface area contributed by atoms with Crippen LogP contribution in [0.3, 0.4) is 0 Å². The Morgan fingerprint density at radius 3 is 2.94 bits per heavy atom. The predicted molar refractivity (Wildman–Crippen MR) is 78.3 cm³/mol. The summed E-state index contributed by atoms with van der Waals surface area (Å²) in [7, 11) is 0. The SMILES string of the molecule is Cc1ccc2nc(NC3CCSCC3)sc2c1. The van der Waals surface area contributed by atoms with Crippen molar-refractivity contribution in [3.63, 3.8) is 0 Å². The maximum Gasteiger partial charge on any atom is 0.184 e. The van der Waals surface area contributed by atoms with Gasteiger partial charge >= 0.3 is 0 Å². The normalized spacial score (nSPS) is 17.5. The van der Waals surface area contributed by atoms with Gasteiger partial charge in [0.25, 0.3) is 0 Å². The van der Waals surface area contributed by atoms with Crippen LogP contribution < -0.4 is 5.32 Å². The van der Waals surface area contributed by atoms with Gasteiger partial charge in [0, 0.05) is 6.04 Å². The van der Waals surface area contributed by atoms with Gasteiger partial charge in [-0.3, -0.25) is 0 Å². The van der Waals surface area contributed by atoms with E-state index < -0.39 is 0 Å². The van der Waals surface area contributed by atoms with Crippen molar-refractivity contribution in [2.45, 2.75) is 25.8 Å². The highest BCUT2D eigenvalue weighted by Crippen LogP contribution is 2.29. The second-order valence-corrected chi connectivity index (χ2v) is 6.78. The Morgan fingerprint density at radius 2 is 2.12 bits per heavy atom. The fraction of sp³-hybridized carbons (Fsp3) is 0.462. The molecule has 1 aromatic carbocycles. The van der Waals surface area contributed by atoms with Gasteiger partial charge in [0.2, 0.25) is 0 Å². The van der Waals surface area contributed by atoms with Gasteiger partial charge in [-0.25, -0.2) is 4.98 Å². The van der Waals surface area contributed by atoms with Crippen molar-refractivity contribution in [2.24, 2.45) is 0 Å². The van der Waals surface area contributed by atoms with Crippen molar-refractivity contribution in [1.82, 2.24) is 4.98 Å². The highest BCUT2D eigenvalue weighted by Gasteiger charge is 2.14. The fourth-order valence-electron chi connectivity index (χ4n) is 2.11. The molecule has 1 N–H and O–H groups in total. The average molecular weight is 264 g/mol. The van der Waals surface area contributed by atoms with Crippen LogP contribution in [0.4, 0.5) is 5.13 Å². The van der Waals surface area contributed by atoms with E-state index in [0.717, 1.165) is 10.6 Å². The number of aryl methyl sites for hydroxylation is 1. The van der Waals surface area contributed by atoms with Gasteiger partial charge < -0.3 is 5.32 Å². The minimum absolute atomic E-state index is 0.623. The first-order chi connectivity index (χ1) is 8.31. The monoisotopic (exact) mass is 264 g/mol. The molecule has 0 saturated carbocycles. The number of thioether (sulfide) groups is 1. The van der Waals surface area contributed by atoms with Crippen LogP contribution in [0.5, 0.6) is 0 Å². The molecule has 2 nitrogen and oxygen atoms in total. The molecule has 4 heteroatoms. The van der Waals surface area contributed by atoms with Crippen molar-refractivity contribution >= 4 is 38.4 Å². The smallest absolute Gasteiger partial charge is 0.184 e. The third-order valence-electron chi connectivity index (χ3n) is 3.09. The maximum atomic E-state index is 4.65. The molecule has 0 aliphatic carbocycles. The molecule has 0 radical (unpaired) electrons. The van der Waals surface area contributed by atoms with Crippen molar-refractivity contribution in [3.05, 3.63) is 23.8 Å². The number of hydrogen-bond donors (Lipinski definition) is 1. The van der Waals surface area contributed by atoms with E-state index in [2.05, 4.69) is 47.2 Å². The maximum absolute atomic E-state index is 4.65. The summed E-state index contributed by atoms with van der Waals surface area (Å²) in [4.78, 5) is 4.65. The Balaban J connectivity index is 1.80. The van der Waals surface area contributed by atoms with E-state index in [4.69, 9.17) is 0 Å². The number of nitrogens with one attached hydrogen (secondary N) is 1. The average Bonchev–Trinajstić information content (AvgIpc) is 2.71. The zero-order valence-electron chi connectivity index (χ0n) is 9.90. The summed E-state index contributed by atoms with van der Waals surface area (Å²) in [6.07, 6.45) is 2.53. The van der Waals surface area contributed by atoms with Crippen molar-refractivity contribution in [2.75, 3.05) is 16.8 Å². The molecule has 1 aromatic heterocycles. The van der Waals surface area contributed by atoms with Gasteiger partial charge in [0.1, 0.15) is 0 Å². The van der Waals surface area contributed by atoms with Gasteiger partial charge in [-0.15, -0.1) is 0 Å². The third-order valence-corrected chi connectivity index (χ3v) is 5.09. The summed E-state index contributed by atoms with van der Waals surface area (Å²) < 4.78 is 1.29. The van der Waals surface area contributed by atoms with Gasteiger partial charge in [0.15, 0.2) is 5.13 Å². The van der Waals surface area contributed by atoms with Crippen molar-refractivity contribution in [1.29, 1.82) is 0 Å². The lowest BCUT2D eigenvalue weighted by Crippen LogP contribution is -2.24. The quantitative estimate of drug-likeness (QED) is 0.890. The first-order valence-electron chi connectivity index (χ1n) is 6.03. The summed E-state index contributed by atoms with van der Waals surface area (Å²) >= 11 is 3.84. The van der Waals surface area contributed by atoms with Crippen LogP contribution in [0.25, 0.3) is 10.2 Å². The van der Waals surface area contributed by atoms with E-state index in [1.165, 1.54) is 34.6 Å². The lowest BCUT2D eigenvalue weighted by molar-refractivity contribution is 0.666. The molecule has 90 valence electrons. The molecule has 2 heterocycles. The van der Waals surface area contributed by atoms with Crippen LogP contribution in [0, 0.1) is 6.92 Å². The molecule has 0 bridgehead atoms. The van der Waals surface area contributed by atoms with Crippen molar-refractivity contribution in [3.8, 4) is 0 Å². The number of fused-ring (bicyclic) bond motifs is 1. The van der Waals surface area contributed by atoms with E-state index in [0.29, 0.717) is 6.04 Å². The van der Waals surface area contributed by atoms with E-state index in [9.17, 15) is 0 Å². The van der Waals surface area contributed by atoms with Crippen molar-refractivity contribution < 1.29 is 0 Å². The van der Waals surface area contributed by atoms with Crippen LogP contribution in [-0.4, -0.2) is 22.5 Å². The molecule has 0 amide bonds. The molecule has 1 aliphatic heterocycles. The lowest BCUT2D eigenvalue weighted by Gasteiger charge is -2.21. The summed E-state index contributed by atoms with van der Waals surface area (Å²) in [5, 5.41) is 4.67. The topological polar surface area (TPSA) is 24.9 Å². The number of benzene rings is 1. The van der Waals surface area contributed by atoms with E-state index >= 15 is 0 Å². The van der Waals surface area contributed by atoms with Gasteiger partial charge in [-0.05, 0) is 49.0 Å². The number of rotatable bonds is 2. The number of thiazole rings is 1. The summed E-state index contributed by atoms with van der Waals surface area (Å²) in [6, 6.07) is 7.08. The van der Waals surface area contributed by atoms with Gasteiger partial charge in [0.05, 0.1) is 10.2 Å². The number of nitrogens with zero attached hydrogens (tertiary/aromatic N) is 1. The Kier molecular flexibility index (Phi) is 3.25. The van der Waals surface area contributed by atoms with Crippen LogP contribution in [-0.2, 0) is 0 Å². The highest BCUT2D eigenvalue weighted by molar-refractivity contribution is 7.99. The summed E-state index contributed by atoms with van der Waals surface area (Å²) in [5.74, 6) is 2.56. The Labute approximate surface area is 110 Å². The molecule has 1 fully saturated rings. The molecule has 0 spiro atoms. The number of anilines is 1. The highest BCUT2D eigenvalue weighted by atomic mass is 32.2. The minimum atomic E-state index is 0.623. The second-order valence-electron chi connectivity index (χ2n) is 4.52. The van der Waals surface area contributed by atoms with E-state index in [1.807, 2.05) is 0 Å². The predicted octanol–water partition coefficient (Wildman–Crippen LogP) is 3.91. The zero-order valence-corrected chi connectivity index (χ0v) is 11.5. The van der Waals surface area contributed by atoms with E-state index in [-0.39, 0.29) is 0 Å². The first kappa shape index (κ1) is 11.4. The Bertz CT molecular complexity index is 515. The largest absolute Gasteiger partial charge is 0.359 e. The molecule has 2 aromatic rings. The van der Waals surface area contributed by atoms with Crippen LogP contribution >= 0.6 is 23.1 Å². The van der Waals surface area contributed by atoms with Gasteiger partial charge in [-0.2, -0.15) is 11.8 Å². The molecule has 0 atom stereocenters.